The van der Waals surface area contributed by atoms with Crippen molar-refractivity contribution in [2.75, 3.05) is 0 Å². The summed E-state index contributed by atoms with van der Waals surface area (Å²) in [5.41, 5.74) is 2.37. The van der Waals surface area contributed by atoms with Crippen molar-refractivity contribution >= 4 is 11.9 Å². The number of aromatic carboxylic acids is 1. The fraction of sp³-hybridized carbons (Fsp3) is 0.125. The van der Waals surface area contributed by atoms with E-state index in [0.717, 1.165) is 11.1 Å². The van der Waals surface area contributed by atoms with E-state index in [-0.39, 0.29) is 18.1 Å². The lowest BCUT2D eigenvalue weighted by atomic mass is 9.96. The van der Waals surface area contributed by atoms with Gasteiger partial charge in [-0.1, -0.05) is 42.5 Å². The van der Waals surface area contributed by atoms with Crippen molar-refractivity contribution in [3.8, 4) is 11.1 Å². The lowest BCUT2D eigenvalue weighted by Gasteiger charge is -2.11. The summed E-state index contributed by atoms with van der Waals surface area (Å²) in [6.07, 6.45) is 0. The molecule has 0 heterocycles. The van der Waals surface area contributed by atoms with Gasteiger partial charge in [0.05, 0.1) is 5.56 Å². The topological polar surface area (TPSA) is 63.6 Å². The van der Waals surface area contributed by atoms with Crippen molar-refractivity contribution in [3.05, 3.63) is 59.7 Å². The quantitative estimate of drug-likeness (QED) is 0.867. The molecule has 2 aromatic carbocycles. The summed E-state index contributed by atoms with van der Waals surface area (Å²) in [6, 6.07) is 14.1. The van der Waals surface area contributed by atoms with E-state index in [0.29, 0.717) is 5.56 Å². The molecule has 0 fully saturated rings. The van der Waals surface area contributed by atoms with Gasteiger partial charge in [-0.2, -0.15) is 0 Å². The van der Waals surface area contributed by atoms with Gasteiger partial charge in [0, 0.05) is 6.92 Å². The van der Waals surface area contributed by atoms with Crippen LogP contribution in [0.15, 0.2) is 48.5 Å². The van der Waals surface area contributed by atoms with Crippen LogP contribution in [0.4, 0.5) is 0 Å². The highest BCUT2D eigenvalue weighted by Crippen LogP contribution is 2.27. The molecule has 2 aromatic rings. The minimum atomic E-state index is -0.983. The number of carboxylic acids is 1. The summed E-state index contributed by atoms with van der Waals surface area (Å²) in [5, 5.41) is 9.25. The maximum absolute atomic E-state index is 11.3. The van der Waals surface area contributed by atoms with Crippen molar-refractivity contribution in [3.63, 3.8) is 0 Å². The first-order valence-corrected chi connectivity index (χ1v) is 6.13. The minimum Gasteiger partial charge on any atom is -0.478 e. The van der Waals surface area contributed by atoms with Gasteiger partial charge in [-0.15, -0.1) is 0 Å². The largest absolute Gasteiger partial charge is 0.478 e. The molecule has 0 aliphatic heterocycles. The monoisotopic (exact) mass is 270 g/mol. The van der Waals surface area contributed by atoms with Crippen molar-refractivity contribution in [1.82, 2.24) is 0 Å². The Labute approximate surface area is 116 Å². The fourth-order valence-corrected chi connectivity index (χ4v) is 1.99. The summed E-state index contributed by atoms with van der Waals surface area (Å²) in [5.74, 6) is -1.35. The molecule has 0 bridgehead atoms. The Morgan fingerprint density at radius 3 is 2.25 bits per heavy atom. The van der Waals surface area contributed by atoms with Gasteiger partial charge in [0.25, 0.3) is 0 Å². The number of benzene rings is 2. The number of carbonyl (C=O) groups is 2. The van der Waals surface area contributed by atoms with Crippen LogP contribution in [0.5, 0.6) is 0 Å². The Bertz CT molecular complexity index is 646. The van der Waals surface area contributed by atoms with Crippen LogP contribution in [-0.4, -0.2) is 17.0 Å². The van der Waals surface area contributed by atoms with Crippen LogP contribution in [0.2, 0.25) is 0 Å². The summed E-state index contributed by atoms with van der Waals surface area (Å²) < 4.78 is 5.00. The lowest BCUT2D eigenvalue weighted by Crippen LogP contribution is -2.03. The normalized spacial score (nSPS) is 10.1. The molecule has 1 N–H and O–H groups in total. The SMILES string of the molecule is CC(=O)OCc1ccccc1-c1ccccc1C(=O)O. The van der Waals surface area contributed by atoms with Crippen LogP contribution in [0.3, 0.4) is 0 Å². The first kappa shape index (κ1) is 13.8. The number of carbonyl (C=O) groups excluding carboxylic acids is 1. The van der Waals surface area contributed by atoms with E-state index in [9.17, 15) is 14.7 Å². The number of hydrogen-bond acceptors (Lipinski definition) is 3. The van der Waals surface area contributed by atoms with Crippen molar-refractivity contribution < 1.29 is 19.4 Å². The van der Waals surface area contributed by atoms with Gasteiger partial charge in [0.15, 0.2) is 0 Å². The number of hydrogen-bond donors (Lipinski definition) is 1. The number of esters is 1. The molecule has 0 aliphatic carbocycles. The maximum atomic E-state index is 11.3. The molecule has 4 nitrogen and oxygen atoms in total. The number of ether oxygens (including phenoxy) is 1. The Morgan fingerprint density at radius 1 is 1.00 bits per heavy atom. The molecule has 0 aliphatic rings. The minimum absolute atomic E-state index is 0.124. The summed E-state index contributed by atoms with van der Waals surface area (Å²) in [6.45, 7) is 1.47. The highest BCUT2D eigenvalue weighted by molar-refractivity contribution is 5.96. The standard InChI is InChI=1S/C16H14O4/c1-11(17)20-10-12-6-2-3-7-13(12)14-8-4-5-9-15(14)16(18)19/h2-9H,10H2,1H3,(H,18,19). The van der Waals surface area contributed by atoms with E-state index in [4.69, 9.17) is 4.74 Å². The average molecular weight is 270 g/mol. The Hall–Kier alpha value is -2.62. The molecule has 0 amide bonds. The molecule has 0 atom stereocenters. The van der Waals surface area contributed by atoms with Crippen molar-refractivity contribution in [1.29, 1.82) is 0 Å². The van der Waals surface area contributed by atoms with Gasteiger partial charge in [-0.05, 0) is 22.8 Å². The average Bonchev–Trinajstić information content (AvgIpc) is 2.45. The Balaban J connectivity index is 2.47. The van der Waals surface area contributed by atoms with Gasteiger partial charge in [-0.25, -0.2) is 4.79 Å². The van der Waals surface area contributed by atoms with Crippen LogP contribution < -0.4 is 0 Å². The fourth-order valence-electron chi connectivity index (χ4n) is 1.99. The van der Waals surface area contributed by atoms with Gasteiger partial charge < -0.3 is 9.84 Å². The second kappa shape index (κ2) is 6.02. The van der Waals surface area contributed by atoms with Gasteiger partial charge >= 0.3 is 11.9 Å². The Morgan fingerprint density at radius 2 is 1.60 bits per heavy atom. The molecular formula is C16H14O4. The molecule has 0 aromatic heterocycles. The van der Waals surface area contributed by atoms with Crippen LogP contribution in [0.25, 0.3) is 11.1 Å². The molecule has 20 heavy (non-hydrogen) atoms. The summed E-state index contributed by atoms with van der Waals surface area (Å²) >= 11 is 0. The third-order valence-electron chi connectivity index (χ3n) is 2.90. The van der Waals surface area contributed by atoms with Crippen molar-refractivity contribution in [2.45, 2.75) is 13.5 Å². The lowest BCUT2D eigenvalue weighted by molar-refractivity contribution is -0.142. The second-order valence-electron chi connectivity index (χ2n) is 4.29. The zero-order valence-electron chi connectivity index (χ0n) is 11.0. The first-order chi connectivity index (χ1) is 9.59. The van der Waals surface area contributed by atoms with E-state index in [2.05, 4.69) is 0 Å². The third-order valence-corrected chi connectivity index (χ3v) is 2.90. The van der Waals surface area contributed by atoms with Crippen LogP contribution in [0, 0.1) is 0 Å². The number of rotatable bonds is 4. The van der Waals surface area contributed by atoms with E-state index >= 15 is 0 Å². The molecule has 4 heteroatoms. The second-order valence-corrected chi connectivity index (χ2v) is 4.29. The van der Waals surface area contributed by atoms with Crippen LogP contribution >= 0.6 is 0 Å². The maximum Gasteiger partial charge on any atom is 0.336 e. The van der Waals surface area contributed by atoms with Crippen LogP contribution in [0.1, 0.15) is 22.8 Å². The molecule has 0 spiro atoms. The predicted molar refractivity (Wildman–Crippen MR) is 74.3 cm³/mol. The zero-order valence-corrected chi connectivity index (χ0v) is 11.0. The number of carboxylic acid groups (broad SMARTS) is 1. The van der Waals surface area contributed by atoms with Gasteiger partial charge in [0.2, 0.25) is 0 Å². The van der Waals surface area contributed by atoms with Gasteiger partial charge in [0.1, 0.15) is 6.61 Å². The molecule has 2 rings (SSSR count). The van der Waals surface area contributed by atoms with Crippen LogP contribution in [-0.2, 0) is 16.1 Å². The Kier molecular flexibility index (Phi) is 4.15. The van der Waals surface area contributed by atoms with Crippen molar-refractivity contribution in [2.24, 2.45) is 0 Å². The first-order valence-electron chi connectivity index (χ1n) is 6.13. The van der Waals surface area contributed by atoms with E-state index in [1.807, 2.05) is 24.3 Å². The highest BCUT2D eigenvalue weighted by atomic mass is 16.5. The van der Waals surface area contributed by atoms with E-state index < -0.39 is 5.97 Å². The molecule has 0 saturated carbocycles. The van der Waals surface area contributed by atoms with E-state index in [1.54, 1.807) is 24.3 Å². The van der Waals surface area contributed by atoms with E-state index in [1.165, 1.54) is 6.92 Å². The molecule has 0 unspecified atom stereocenters. The highest BCUT2D eigenvalue weighted by Gasteiger charge is 2.13. The third kappa shape index (κ3) is 3.03. The molecule has 0 saturated heterocycles. The zero-order chi connectivity index (χ0) is 14.5. The smallest absolute Gasteiger partial charge is 0.336 e. The summed E-state index contributed by atoms with van der Waals surface area (Å²) in [4.78, 5) is 22.2. The molecule has 102 valence electrons. The van der Waals surface area contributed by atoms with Gasteiger partial charge in [-0.3, -0.25) is 4.79 Å². The molecular weight excluding hydrogens is 256 g/mol. The summed E-state index contributed by atoms with van der Waals surface area (Å²) in [7, 11) is 0. The molecule has 0 radical (unpaired) electrons. The predicted octanol–water partition coefficient (Wildman–Crippen LogP) is 3.11.